The minimum absolute atomic E-state index is 0.391. The summed E-state index contributed by atoms with van der Waals surface area (Å²) in [5.41, 5.74) is 9.03. The average Bonchev–Trinajstić information content (AvgIpc) is 2.23. The molecule has 90 valence electrons. The van der Waals surface area contributed by atoms with Crippen LogP contribution < -0.4 is 5.73 Å². The molecule has 0 unspecified atom stereocenters. The van der Waals surface area contributed by atoms with Gasteiger partial charge in [-0.05, 0) is 57.6 Å². The van der Waals surface area contributed by atoms with E-state index in [4.69, 9.17) is 5.73 Å². The molecule has 3 heteroatoms. The number of aryl methyl sites for hydroxylation is 1. The molecule has 16 heavy (non-hydrogen) atoms. The zero-order chi connectivity index (χ0) is 12.1. The number of hydrogen-bond acceptors (Lipinski definition) is 3. The van der Waals surface area contributed by atoms with Gasteiger partial charge in [-0.15, -0.1) is 0 Å². The fourth-order valence-electron chi connectivity index (χ4n) is 1.87. The second kappa shape index (κ2) is 5.87. The van der Waals surface area contributed by atoms with Crippen LogP contribution in [0, 0.1) is 6.92 Å². The van der Waals surface area contributed by atoms with Crippen molar-refractivity contribution in [3.05, 3.63) is 28.8 Å². The Morgan fingerprint density at radius 2 is 2.00 bits per heavy atom. The first-order valence-electron chi connectivity index (χ1n) is 5.71. The van der Waals surface area contributed by atoms with Gasteiger partial charge in [0, 0.05) is 12.1 Å². The third kappa shape index (κ3) is 3.22. The van der Waals surface area contributed by atoms with Crippen LogP contribution in [0.1, 0.15) is 23.1 Å². The highest BCUT2D eigenvalue weighted by molar-refractivity contribution is 5.43. The van der Waals surface area contributed by atoms with Gasteiger partial charge in [-0.25, -0.2) is 0 Å². The first-order valence-corrected chi connectivity index (χ1v) is 5.71. The molecular formula is C13H22N2O. The molecule has 3 N–H and O–H groups in total. The summed E-state index contributed by atoms with van der Waals surface area (Å²) in [4.78, 5) is 2.06. The van der Waals surface area contributed by atoms with E-state index in [1.165, 1.54) is 11.1 Å². The van der Waals surface area contributed by atoms with Gasteiger partial charge in [-0.2, -0.15) is 0 Å². The molecule has 1 aromatic rings. The highest BCUT2D eigenvalue weighted by Crippen LogP contribution is 2.25. The van der Waals surface area contributed by atoms with Gasteiger partial charge in [-0.1, -0.05) is 6.07 Å². The predicted molar refractivity (Wildman–Crippen MR) is 67.6 cm³/mol. The summed E-state index contributed by atoms with van der Waals surface area (Å²) in [6, 6.07) is 3.79. The third-order valence-electron chi connectivity index (χ3n) is 2.81. The molecular weight excluding hydrogens is 200 g/mol. The summed E-state index contributed by atoms with van der Waals surface area (Å²) in [7, 11) is 4.01. The maximum absolute atomic E-state index is 9.84. The lowest BCUT2D eigenvalue weighted by Crippen LogP contribution is -2.13. The van der Waals surface area contributed by atoms with Crippen LogP contribution in [-0.4, -0.2) is 30.6 Å². The van der Waals surface area contributed by atoms with E-state index in [-0.39, 0.29) is 0 Å². The monoisotopic (exact) mass is 222 g/mol. The van der Waals surface area contributed by atoms with Crippen LogP contribution in [0.2, 0.25) is 0 Å². The molecule has 0 amide bonds. The van der Waals surface area contributed by atoms with Crippen molar-refractivity contribution >= 4 is 0 Å². The normalized spacial score (nSPS) is 11.1. The van der Waals surface area contributed by atoms with Crippen LogP contribution in [0.15, 0.2) is 12.1 Å². The highest BCUT2D eigenvalue weighted by Gasteiger charge is 2.09. The molecule has 0 aliphatic carbocycles. The van der Waals surface area contributed by atoms with E-state index in [0.29, 0.717) is 12.3 Å². The van der Waals surface area contributed by atoms with E-state index in [1.807, 2.05) is 20.2 Å². The molecule has 3 nitrogen and oxygen atoms in total. The van der Waals surface area contributed by atoms with E-state index in [2.05, 4.69) is 11.8 Å². The fraction of sp³-hybridized carbons (Fsp3) is 0.538. The lowest BCUT2D eigenvalue weighted by molar-refractivity contribution is 0.384. The van der Waals surface area contributed by atoms with Crippen molar-refractivity contribution in [3.8, 4) is 5.75 Å². The van der Waals surface area contributed by atoms with Gasteiger partial charge in [0.05, 0.1) is 0 Å². The Labute approximate surface area is 97.9 Å². The van der Waals surface area contributed by atoms with E-state index in [1.54, 1.807) is 6.07 Å². The molecule has 1 aromatic carbocycles. The quantitative estimate of drug-likeness (QED) is 0.796. The molecule has 0 heterocycles. The first-order chi connectivity index (χ1) is 7.56. The van der Waals surface area contributed by atoms with Gasteiger partial charge in [0.2, 0.25) is 0 Å². The van der Waals surface area contributed by atoms with Crippen molar-refractivity contribution in [2.75, 3.05) is 20.6 Å². The smallest absolute Gasteiger partial charge is 0.120 e. The van der Waals surface area contributed by atoms with Gasteiger partial charge in [-0.3, -0.25) is 0 Å². The molecule has 0 aliphatic rings. The van der Waals surface area contributed by atoms with Crippen molar-refractivity contribution in [1.29, 1.82) is 0 Å². The summed E-state index contributed by atoms with van der Waals surface area (Å²) in [6.07, 6.45) is 1.98. The van der Waals surface area contributed by atoms with E-state index >= 15 is 0 Å². The van der Waals surface area contributed by atoms with E-state index < -0.39 is 0 Å². The molecule has 0 saturated carbocycles. The van der Waals surface area contributed by atoms with E-state index in [9.17, 15) is 5.11 Å². The number of rotatable bonds is 5. The lowest BCUT2D eigenvalue weighted by atomic mass is 9.97. The van der Waals surface area contributed by atoms with Crippen molar-refractivity contribution in [2.24, 2.45) is 5.73 Å². The standard InChI is InChI=1S/C13H22N2O/c1-10-11(5-4-8-14)6-7-13(16)12(10)9-15(2)3/h6-7,16H,4-5,8-9,14H2,1-3H3. The van der Waals surface area contributed by atoms with E-state index in [0.717, 1.165) is 24.9 Å². The third-order valence-corrected chi connectivity index (χ3v) is 2.81. The number of nitrogens with zero attached hydrogens (tertiary/aromatic N) is 1. The molecule has 1 rings (SSSR count). The zero-order valence-electron chi connectivity index (χ0n) is 10.5. The number of phenolic OH excluding ortho intramolecular Hbond substituents is 1. The maximum atomic E-state index is 9.84. The molecule has 0 bridgehead atoms. The van der Waals surface area contributed by atoms with Crippen LogP contribution in [0.5, 0.6) is 5.75 Å². The second-order valence-corrected chi connectivity index (χ2v) is 4.48. The summed E-state index contributed by atoms with van der Waals surface area (Å²) in [6.45, 7) is 3.56. The van der Waals surface area contributed by atoms with Crippen molar-refractivity contribution in [3.63, 3.8) is 0 Å². The molecule has 0 aliphatic heterocycles. The number of hydrogen-bond donors (Lipinski definition) is 2. The number of benzene rings is 1. The number of phenols is 1. The molecule has 0 saturated heterocycles. The minimum Gasteiger partial charge on any atom is -0.508 e. The molecule has 0 spiro atoms. The summed E-state index contributed by atoms with van der Waals surface area (Å²) < 4.78 is 0. The van der Waals surface area contributed by atoms with Gasteiger partial charge < -0.3 is 15.7 Å². The Kier molecular flexibility index (Phi) is 4.77. The fourth-order valence-corrected chi connectivity index (χ4v) is 1.87. The Morgan fingerprint density at radius 1 is 1.31 bits per heavy atom. The summed E-state index contributed by atoms with van der Waals surface area (Å²) >= 11 is 0. The molecule has 0 fully saturated rings. The Bertz CT molecular complexity index is 348. The first kappa shape index (κ1) is 13.0. The van der Waals surface area contributed by atoms with Crippen LogP contribution in [0.25, 0.3) is 0 Å². The molecule has 0 atom stereocenters. The maximum Gasteiger partial charge on any atom is 0.120 e. The van der Waals surface area contributed by atoms with Crippen LogP contribution in [0.4, 0.5) is 0 Å². The van der Waals surface area contributed by atoms with Crippen molar-refractivity contribution in [1.82, 2.24) is 4.90 Å². The number of aromatic hydroxyl groups is 1. The molecule has 0 radical (unpaired) electrons. The Balaban J connectivity index is 2.96. The van der Waals surface area contributed by atoms with Crippen LogP contribution in [0.3, 0.4) is 0 Å². The van der Waals surface area contributed by atoms with Crippen molar-refractivity contribution < 1.29 is 5.11 Å². The predicted octanol–water partition coefficient (Wildman–Crippen LogP) is 1.65. The van der Waals surface area contributed by atoms with Crippen molar-refractivity contribution in [2.45, 2.75) is 26.3 Å². The summed E-state index contributed by atoms with van der Waals surface area (Å²) in [5.74, 6) is 0.391. The zero-order valence-corrected chi connectivity index (χ0v) is 10.5. The lowest BCUT2D eigenvalue weighted by Gasteiger charge is -2.16. The van der Waals surface area contributed by atoms with Gasteiger partial charge >= 0.3 is 0 Å². The van der Waals surface area contributed by atoms with Gasteiger partial charge in [0.1, 0.15) is 5.75 Å². The Hall–Kier alpha value is -1.06. The second-order valence-electron chi connectivity index (χ2n) is 4.48. The summed E-state index contributed by atoms with van der Waals surface area (Å²) in [5, 5.41) is 9.84. The largest absolute Gasteiger partial charge is 0.508 e. The van der Waals surface area contributed by atoms with Gasteiger partial charge in [0.15, 0.2) is 0 Å². The van der Waals surface area contributed by atoms with Gasteiger partial charge in [0.25, 0.3) is 0 Å². The Morgan fingerprint density at radius 3 is 2.56 bits per heavy atom. The van der Waals surface area contributed by atoms with Crippen LogP contribution >= 0.6 is 0 Å². The average molecular weight is 222 g/mol. The topological polar surface area (TPSA) is 49.5 Å². The number of nitrogens with two attached hydrogens (primary N) is 1. The minimum atomic E-state index is 0.391. The molecule has 0 aromatic heterocycles. The highest BCUT2D eigenvalue weighted by atomic mass is 16.3. The SMILES string of the molecule is Cc1c(CCCN)ccc(O)c1CN(C)C. The van der Waals surface area contributed by atoms with Crippen LogP contribution in [-0.2, 0) is 13.0 Å².